The standard InChI is InChI=1S/C19H26N2/c1-4-16-10-12-17(13-11-16)19(14-20)21(5-2)18-9-7-6-8-15(18)3/h6-13,19H,4-5,14,20H2,1-3H3. The fraction of sp³-hybridized carbons (Fsp3) is 0.368. The maximum Gasteiger partial charge on any atom is 0.0664 e. The molecule has 0 aliphatic rings. The van der Waals surface area contributed by atoms with E-state index >= 15 is 0 Å². The first-order valence-electron chi connectivity index (χ1n) is 7.82. The minimum absolute atomic E-state index is 0.224. The number of rotatable bonds is 6. The summed E-state index contributed by atoms with van der Waals surface area (Å²) in [5.74, 6) is 0. The normalized spacial score (nSPS) is 12.2. The topological polar surface area (TPSA) is 29.3 Å². The molecule has 2 rings (SSSR count). The van der Waals surface area contributed by atoms with Gasteiger partial charge >= 0.3 is 0 Å². The maximum atomic E-state index is 6.10. The Balaban J connectivity index is 2.35. The molecule has 0 fully saturated rings. The summed E-state index contributed by atoms with van der Waals surface area (Å²) < 4.78 is 0. The number of hydrogen-bond acceptors (Lipinski definition) is 2. The van der Waals surface area contributed by atoms with E-state index in [2.05, 4.69) is 74.2 Å². The van der Waals surface area contributed by atoms with Gasteiger partial charge in [-0.15, -0.1) is 0 Å². The lowest BCUT2D eigenvalue weighted by Gasteiger charge is -2.33. The quantitative estimate of drug-likeness (QED) is 0.865. The van der Waals surface area contributed by atoms with E-state index in [9.17, 15) is 0 Å². The van der Waals surface area contributed by atoms with E-state index in [0.717, 1.165) is 13.0 Å². The molecular weight excluding hydrogens is 256 g/mol. The molecule has 2 aromatic carbocycles. The molecule has 2 heteroatoms. The maximum absolute atomic E-state index is 6.10. The highest BCUT2D eigenvalue weighted by Gasteiger charge is 2.19. The number of nitrogens with two attached hydrogens (primary N) is 1. The average molecular weight is 282 g/mol. The molecule has 0 saturated heterocycles. The number of nitrogens with zero attached hydrogens (tertiary/aromatic N) is 1. The van der Waals surface area contributed by atoms with E-state index < -0.39 is 0 Å². The monoisotopic (exact) mass is 282 g/mol. The molecule has 0 amide bonds. The predicted octanol–water partition coefficient (Wildman–Crippen LogP) is 4.08. The lowest BCUT2D eigenvalue weighted by molar-refractivity contribution is 0.641. The Morgan fingerprint density at radius 1 is 1.00 bits per heavy atom. The first kappa shape index (κ1) is 15.6. The van der Waals surface area contributed by atoms with Crippen molar-refractivity contribution in [2.75, 3.05) is 18.0 Å². The molecule has 0 saturated carbocycles. The van der Waals surface area contributed by atoms with Gasteiger partial charge in [0.25, 0.3) is 0 Å². The van der Waals surface area contributed by atoms with Crippen molar-refractivity contribution in [1.29, 1.82) is 0 Å². The van der Waals surface area contributed by atoms with Crippen LogP contribution in [0.4, 0.5) is 5.69 Å². The molecule has 2 N–H and O–H groups in total. The van der Waals surface area contributed by atoms with Crippen LogP contribution in [0.2, 0.25) is 0 Å². The first-order chi connectivity index (χ1) is 10.2. The van der Waals surface area contributed by atoms with Crippen LogP contribution >= 0.6 is 0 Å². The second-order valence-electron chi connectivity index (χ2n) is 5.42. The van der Waals surface area contributed by atoms with Crippen molar-refractivity contribution < 1.29 is 0 Å². The van der Waals surface area contributed by atoms with Crippen LogP contribution in [-0.4, -0.2) is 13.1 Å². The van der Waals surface area contributed by atoms with E-state index in [1.54, 1.807) is 0 Å². The van der Waals surface area contributed by atoms with E-state index in [1.165, 1.54) is 22.4 Å². The highest BCUT2D eigenvalue weighted by molar-refractivity contribution is 5.55. The van der Waals surface area contributed by atoms with Gasteiger partial charge in [0, 0.05) is 18.8 Å². The summed E-state index contributed by atoms with van der Waals surface area (Å²) in [6.07, 6.45) is 1.07. The highest BCUT2D eigenvalue weighted by atomic mass is 15.2. The fourth-order valence-electron chi connectivity index (χ4n) is 2.86. The Bertz CT molecular complexity index is 560. The van der Waals surface area contributed by atoms with Crippen LogP contribution in [0, 0.1) is 6.92 Å². The summed E-state index contributed by atoms with van der Waals surface area (Å²) in [6, 6.07) is 17.6. The van der Waals surface area contributed by atoms with Crippen molar-refractivity contribution in [2.45, 2.75) is 33.2 Å². The summed E-state index contributed by atoms with van der Waals surface area (Å²) in [4.78, 5) is 2.40. The Morgan fingerprint density at radius 3 is 2.19 bits per heavy atom. The molecule has 1 unspecified atom stereocenters. The Hall–Kier alpha value is -1.80. The van der Waals surface area contributed by atoms with Crippen molar-refractivity contribution in [3.63, 3.8) is 0 Å². The molecule has 0 aromatic heterocycles. The number of anilines is 1. The third-order valence-corrected chi connectivity index (χ3v) is 4.14. The molecule has 112 valence electrons. The molecule has 2 nitrogen and oxygen atoms in total. The fourth-order valence-corrected chi connectivity index (χ4v) is 2.86. The zero-order chi connectivity index (χ0) is 15.2. The summed E-state index contributed by atoms with van der Waals surface area (Å²) in [6.45, 7) is 8.10. The minimum atomic E-state index is 0.224. The molecule has 0 radical (unpaired) electrons. The van der Waals surface area contributed by atoms with Crippen LogP contribution in [-0.2, 0) is 6.42 Å². The predicted molar refractivity (Wildman–Crippen MR) is 91.8 cm³/mol. The summed E-state index contributed by atoms with van der Waals surface area (Å²) in [5, 5.41) is 0. The smallest absolute Gasteiger partial charge is 0.0664 e. The Morgan fingerprint density at radius 2 is 1.67 bits per heavy atom. The molecular formula is C19H26N2. The summed E-state index contributed by atoms with van der Waals surface area (Å²) in [5.41, 5.74) is 11.3. The third-order valence-electron chi connectivity index (χ3n) is 4.14. The van der Waals surface area contributed by atoms with Gasteiger partial charge in [0.1, 0.15) is 0 Å². The lowest BCUT2D eigenvalue weighted by atomic mass is 10.0. The van der Waals surface area contributed by atoms with Gasteiger partial charge in [-0.05, 0) is 43.0 Å². The van der Waals surface area contributed by atoms with Gasteiger partial charge in [-0.2, -0.15) is 0 Å². The number of para-hydroxylation sites is 1. The van der Waals surface area contributed by atoms with E-state index in [4.69, 9.17) is 5.73 Å². The van der Waals surface area contributed by atoms with Crippen LogP contribution in [0.5, 0.6) is 0 Å². The van der Waals surface area contributed by atoms with Gasteiger partial charge in [-0.1, -0.05) is 49.4 Å². The Labute approximate surface area is 128 Å². The van der Waals surface area contributed by atoms with Crippen molar-refractivity contribution in [2.24, 2.45) is 5.73 Å². The molecule has 0 aliphatic heterocycles. The molecule has 0 aliphatic carbocycles. The molecule has 1 atom stereocenters. The van der Waals surface area contributed by atoms with Crippen LogP contribution < -0.4 is 10.6 Å². The van der Waals surface area contributed by atoms with Crippen LogP contribution in [0.3, 0.4) is 0 Å². The van der Waals surface area contributed by atoms with Crippen molar-refractivity contribution in [3.05, 3.63) is 65.2 Å². The van der Waals surface area contributed by atoms with Gasteiger partial charge < -0.3 is 10.6 Å². The SMILES string of the molecule is CCc1ccc(C(CN)N(CC)c2ccccc2C)cc1. The number of hydrogen-bond donors (Lipinski definition) is 1. The van der Waals surface area contributed by atoms with Crippen LogP contribution in [0.15, 0.2) is 48.5 Å². The third kappa shape index (κ3) is 3.45. The number of benzene rings is 2. The summed E-state index contributed by atoms with van der Waals surface area (Å²) in [7, 11) is 0. The number of likely N-dealkylation sites (N-methyl/N-ethyl adjacent to an activating group) is 1. The van der Waals surface area contributed by atoms with Crippen molar-refractivity contribution >= 4 is 5.69 Å². The van der Waals surface area contributed by atoms with E-state index in [1.807, 2.05) is 0 Å². The molecule has 21 heavy (non-hydrogen) atoms. The van der Waals surface area contributed by atoms with Gasteiger partial charge in [-0.3, -0.25) is 0 Å². The van der Waals surface area contributed by atoms with Crippen LogP contribution in [0.1, 0.15) is 36.6 Å². The van der Waals surface area contributed by atoms with Gasteiger partial charge in [0.2, 0.25) is 0 Å². The van der Waals surface area contributed by atoms with E-state index in [0.29, 0.717) is 6.54 Å². The van der Waals surface area contributed by atoms with Gasteiger partial charge in [-0.25, -0.2) is 0 Å². The minimum Gasteiger partial charge on any atom is -0.363 e. The molecule has 0 bridgehead atoms. The first-order valence-corrected chi connectivity index (χ1v) is 7.82. The second kappa shape index (κ2) is 7.28. The highest BCUT2D eigenvalue weighted by Crippen LogP contribution is 2.29. The van der Waals surface area contributed by atoms with Gasteiger partial charge in [0.05, 0.1) is 6.04 Å². The lowest BCUT2D eigenvalue weighted by Crippen LogP contribution is -2.34. The average Bonchev–Trinajstić information content (AvgIpc) is 2.54. The molecule has 2 aromatic rings. The van der Waals surface area contributed by atoms with Gasteiger partial charge in [0.15, 0.2) is 0 Å². The summed E-state index contributed by atoms with van der Waals surface area (Å²) >= 11 is 0. The molecule has 0 heterocycles. The largest absolute Gasteiger partial charge is 0.363 e. The zero-order valence-electron chi connectivity index (χ0n) is 13.3. The number of aryl methyl sites for hydroxylation is 2. The van der Waals surface area contributed by atoms with E-state index in [-0.39, 0.29) is 6.04 Å². The van der Waals surface area contributed by atoms with Crippen molar-refractivity contribution in [3.8, 4) is 0 Å². The van der Waals surface area contributed by atoms with Crippen LogP contribution in [0.25, 0.3) is 0 Å². The van der Waals surface area contributed by atoms with Crippen molar-refractivity contribution in [1.82, 2.24) is 0 Å². The second-order valence-corrected chi connectivity index (χ2v) is 5.42. The Kier molecular flexibility index (Phi) is 5.40. The zero-order valence-corrected chi connectivity index (χ0v) is 13.3. The molecule has 0 spiro atoms.